The molecule has 138 valence electrons. The number of ether oxygens (including phenoxy) is 1. The van der Waals surface area contributed by atoms with Crippen molar-refractivity contribution in [3.05, 3.63) is 83.9 Å². The minimum atomic E-state index is 0.00514. The van der Waals surface area contributed by atoms with Crippen LogP contribution in [0.5, 0.6) is 11.5 Å². The number of rotatable bonds is 6. The van der Waals surface area contributed by atoms with Crippen molar-refractivity contribution >= 4 is 17.3 Å². The molecule has 3 aromatic carbocycles. The van der Waals surface area contributed by atoms with Gasteiger partial charge in [0.05, 0.1) is 5.69 Å². The van der Waals surface area contributed by atoms with E-state index in [1.165, 1.54) is 5.56 Å². The van der Waals surface area contributed by atoms with Crippen molar-refractivity contribution < 1.29 is 9.53 Å². The van der Waals surface area contributed by atoms with Crippen molar-refractivity contribution in [1.29, 1.82) is 0 Å². The topological polar surface area (TPSA) is 41.6 Å². The minimum Gasteiger partial charge on any atom is -0.455 e. The average molecular weight is 360 g/mol. The lowest BCUT2D eigenvalue weighted by Crippen LogP contribution is -2.24. The van der Waals surface area contributed by atoms with Gasteiger partial charge in [-0.3, -0.25) is 4.79 Å². The Labute approximate surface area is 160 Å². The summed E-state index contributed by atoms with van der Waals surface area (Å²) >= 11 is 0. The van der Waals surface area contributed by atoms with E-state index < -0.39 is 0 Å². The molecule has 3 rings (SSSR count). The molecule has 0 aliphatic carbocycles. The highest BCUT2D eigenvalue weighted by molar-refractivity contribution is 5.91. The molecule has 0 fully saturated rings. The lowest BCUT2D eigenvalue weighted by Gasteiger charge is -2.20. The van der Waals surface area contributed by atoms with Gasteiger partial charge in [-0.15, -0.1) is 0 Å². The summed E-state index contributed by atoms with van der Waals surface area (Å²) in [4.78, 5) is 13.4. The van der Waals surface area contributed by atoms with Crippen molar-refractivity contribution in [3.63, 3.8) is 0 Å². The van der Waals surface area contributed by atoms with Gasteiger partial charge in [-0.05, 0) is 42.8 Å². The van der Waals surface area contributed by atoms with Crippen LogP contribution in [0.2, 0.25) is 0 Å². The molecule has 1 amide bonds. The first-order valence-electron chi connectivity index (χ1n) is 8.94. The fourth-order valence-corrected chi connectivity index (χ4v) is 2.78. The standard InChI is InChI=1S/C23H24N2O2/c1-17-12-14-20(15-13-17)27-23-11-7-5-9-21(23)24-16-19-8-4-6-10-22(19)25(3)18(2)26/h4-15,24H,16H2,1-3H3. The summed E-state index contributed by atoms with van der Waals surface area (Å²) < 4.78 is 6.04. The normalized spacial score (nSPS) is 10.3. The van der Waals surface area contributed by atoms with Gasteiger partial charge in [0.15, 0.2) is 5.75 Å². The fourth-order valence-electron chi connectivity index (χ4n) is 2.78. The van der Waals surface area contributed by atoms with Crippen LogP contribution in [-0.2, 0) is 11.3 Å². The summed E-state index contributed by atoms with van der Waals surface area (Å²) in [6.07, 6.45) is 0. The molecule has 0 unspecified atom stereocenters. The van der Waals surface area contributed by atoms with Crippen LogP contribution in [0, 0.1) is 6.92 Å². The van der Waals surface area contributed by atoms with Gasteiger partial charge < -0.3 is 15.0 Å². The van der Waals surface area contributed by atoms with Crippen LogP contribution in [0.15, 0.2) is 72.8 Å². The Bertz CT molecular complexity index is 920. The van der Waals surface area contributed by atoms with Gasteiger partial charge in [0.1, 0.15) is 5.75 Å². The molecular formula is C23H24N2O2. The number of amides is 1. The SMILES string of the molecule is CC(=O)N(C)c1ccccc1CNc1ccccc1Oc1ccc(C)cc1. The predicted molar refractivity (Wildman–Crippen MR) is 111 cm³/mol. The Morgan fingerprint density at radius 3 is 2.37 bits per heavy atom. The molecule has 0 saturated carbocycles. The molecule has 27 heavy (non-hydrogen) atoms. The third kappa shape index (κ3) is 4.67. The zero-order chi connectivity index (χ0) is 19.2. The number of carbonyl (C=O) groups excluding carboxylic acids is 1. The number of nitrogens with one attached hydrogen (secondary N) is 1. The number of benzene rings is 3. The molecule has 0 heterocycles. The number of carbonyl (C=O) groups is 1. The summed E-state index contributed by atoms with van der Waals surface area (Å²) in [5, 5.41) is 3.43. The van der Waals surface area contributed by atoms with Gasteiger partial charge >= 0.3 is 0 Å². The molecular weight excluding hydrogens is 336 g/mol. The van der Waals surface area contributed by atoms with E-state index in [4.69, 9.17) is 4.74 Å². The lowest BCUT2D eigenvalue weighted by atomic mass is 10.1. The number of para-hydroxylation sites is 3. The highest BCUT2D eigenvalue weighted by Gasteiger charge is 2.11. The van der Waals surface area contributed by atoms with Crippen molar-refractivity contribution in [1.82, 2.24) is 0 Å². The molecule has 0 aliphatic rings. The number of anilines is 2. The van der Waals surface area contributed by atoms with Gasteiger partial charge in [-0.1, -0.05) is 48.0 Å². The Morgan fingerprint density at radius 2 is 1.63 bits per heavy atom. The molecule has 1 N–H and O–H groups in total. The zero-order valence-electron chi connectivity index (χ0n) is 15.9. The Balaban J connectivity index is 1.78. The van der Waals surface area contributed by atoms with Crippen LogP contribution in [0.3, 0.4) is 0 Å². The monoisotopic (exact) mass is 360 g/mol. The van der Waals surface area contributed by atoms with Crippen molar-refractivity contribution in [2.24, 2.45) is 0 Å². The maximum absolute atomic E-state index is 11.7. The van der Waals surface area contributed by atoms with Crippen LogP contribution >= 0.6 is 0 Å². The van der Waals surface area contributed by atoms with Crippen molar-refractivity contribution in [2.45, 2.75) is 20.4 Å². The zero-order valence-corrected chi connectivity index (χ0v) is 15.9. The van der Waals surface area contributed by atoms with Crippen LogP contribution in [0.25, 0.3) is 0 Å². The largest absolute Gasteiger partial charge is 0.455 e. The van der Waals surface area contributed by atoms with E-state index in [0.29, 0.717) is 6.54 Å². The van der Waals surface area contributed by atoms with E-state index in [0.717, 1.165) is 28.4 Å². The summed E-state index contributed by atoms with van der Waals surface area (Å²) in [6, 6.07) is 23.7. The van der Waals surface area contributed by atoms with E-state index in [1.54, 1.807) is 18.9 Å². The lowest BCUT2D eigenvalue weighted by molar-refractivity contribution is -0.116. The van der Waals surface area contributed by atoms with E-state index in [9.17, 15) is 4.79 Å². The maximum atomic E-state index is 11.7. The quantitative estimate of drug-likeness (QED) is 0.641. The molecule has 0 atom stereocenters. The van der Waals surface area contributed by atoms with E-state index >= 15 is 0 Å². The van der Waals surface area contributed by atoms with Crippen molar-refractivity contribution in [2.75, 3.05) is 17.3 Å². The molecule has 0 aliphatic heterocycles. The Hall–Kier alpha value is -3.27. The highest BCUT2D eigenvalue weighted by Crippen LogP contribution is 2.30. The van der Waals surface area contributed by atoms with Gasteiger partial charge in [0.25, 0.3) is 0 Å². The van der Waals surface area contributed by atoms with Crippen LogP contribution < -0.4 is 15.0 Å². The molecule has 0 radical (unpaired) electrons. The molecule has 0 bridgehead atoms. The Morgan fingerprint density at radius 1 is 0.963 bits per heavy atom. The van der Waals surface area contributed by atoms with E-state index in [1.807, 2.05) is 72.8 Å². The van der Waals surface area contributed by atoms with Crippen LogP contribution in [-0.4, -0.2) is 13.0 Å². The number of hydrogen-bond acceptors (Lipinski definition) is 3. The van der Waals surface area contributed by atoms with Gasteiger partial charge in [0, 0.05) is 26.2 Å². The number of nitrogens with zero attached hydrogens (tertiary/aromatic N) is 1. The summed E-state index contributed by atoms with van der Waals surface area (Å²) in [5.74, 6) is 1.57. The fraction of sp³-hybridized carbons (Fsp3) is 0.174. The van der Waals surface area contributed by atoms with Crippen molar-refractivity contribution in [3.8, 4) is 11.5 Å². The third-order valence-corrected chi connectivity index (χ3v) is 4.43. The molecule has 4 heteroatoms. The first-order valence-corrected chi connectivity index (χ1v) is 8.94. The molecule has 0 saturated heterocycles. The average Bonchev–Trinajstić information content (AvgIpc) is 2.68. The second kappa shape index (κ2) is 8.41. The molecule has 0 spiro atoms. The Kier molecular flexibility index (Phi) is 5.77. The third-order valence-electron chi connectivity index (χ3n) is 4.43. The molecule has 4 nitrogen and oxygen atoms in total. The second-order valence-electron chi connectivity index (χ2n) is 6.47. The van der Waals surface area contributed by atoms with E-state index in [-0.39, 0.29) is 5.91 Å². The maximum Gasteiger partial charge on any atom is 0.223 e. The smallest absolute Gasteiger partial charge is 0.223 e. The first kappa shape index (κ1) is 18.5. The first-order chi connectivity index (χ1) is 13.0. The highest BCUT2D eigenvalue weighted by atomic mass is 16.5. The predicted octanol–water partition coefficient (Wildman–Crippen LogP) is 5.38. The number of hydrogen-bond donors (Lipinski definition) is 1. The number of aryl methyl sites for hydroxylation is 1. The summed E-state index contributed by atoms with van der Waals surface area (Å²) in [5.41, 5.74) is 4.04. The van der Waals surface area contributed by atoms with Gasteiger partial charge in [0.2, 0.25) is 5.91 Å². The minimum absolute atomic E-state index is 0.00514. The molecule has 0 aromatic heterocycles. The van der Waals surface area contributed by atoms with Gasteiger partial charge in [-0.25, -0.2) is 0 Å². The van der Waals surface area contributed by atoms with Crippen LogP contribution in [0.4, 0.5) is 11.4 Å². The summed E-state index contributed by atoms with van der Waals surface area (Å²) in [6.45, 7) is 4.20. The second-order valence-corrected chi connectivity index (χ2v) is 6.47. The molecule has 3 aromatic rings. The van der Waals surface area contributed by atoms with Gasteiger partial charge in [-0.2, -0.15) is 0 Å². The van der Waals surface area contributed by atoms with Crippen LogP contribution in [0.1, 0.15) is 18.1 Å². The van der Waals surface area contributed by atoms with E-state index in [2.05, 4.69) is 12.2 Å². The summed E-state index contributed by atoms with van der Waals surface area (Å²) in [7, 11) is 1.79.